The first-order chi connectivity index (χ1) is 15.8. The van der Waals surface area contributed by atoms with Gasteiger partial charge in [0.2, 0.25) is 0 Å². The maximum absolute atomic E-state index is 12.8. The molecular weight excluding hydrogens is 442 g/mol. The van der Waals surface area contributed by atoms with E-state index >= 15 is 0 Å². The summed E-state index contributed by atoms with van der Waals surface area (Å²) in [7, 11) is 3.40. The molecule has 1 aromatic carbocycles. The van der Waals surface area contributed by atoms with Gasteiger partial charge in [0.05, 0.1) is 23.4 Å². The molecular formula is C24H38ClN5O3. The number of halogens is 1. The van der Waals surface area contributed by atoms with Crippen LogP contribution >= 0.6 is 11.6 Å². The van der Waals surface area contributed by atoms with E-state index in [1.807, 2.05) is 16.8 Å². The summed E-state index contributed by atoms with van der Waals surface area (Å²) in [6, 6.07) is 3.44. The van der Waals surface area contributed by atoms with E-state index in [9.17, 15) is 9.59 Å². The van der Waals surface area contributed by atoms with E-state index in [1.165, 1.54) is 7.11 Å². The number of urea groups is 1. The highest BCUT2D eigenvalue weighted by Gasteiger charge is 2.28. The maximum atomic E-state index is 12.8. The van der Waals surface area contributed by atoms with Gasteiger partial charge in [0.25, 0.3) is 5.91 Å². The van der Waals surface area contributed by atoms with Crippen LogP contribution in [0, 0.1) is 5.92 Å². The van der Waals surface area contributed by atoms with Crippen molar-refractivity contribution >= 4 is 29.2 Å². The zero-order valence-electron chi connectivity index (χ0n) is 20.1. The fraction of sp³-hybridized carbons (Fsp3) is 0.667. The Bertz CT molecular complexity index is 821. The number of rotatable bonds is 7. The number of hydrogen-bond acceptors (Lipinski definition) is 5. The molecule has 3 rings (SSSR count). The van der Waals surface area contributed by atoms with Gasteiger partial charge in [0, 0.05) is 58.4 Å². The van der Waals surface area contributed by atoms with Gasteiger partial charge >= 0.3 is 6.03 Å². The number of methoxy groups -OCH3 is 1. The van der Waals surface area contributed by atoms with Crippen molar-refractivity contribution in [2.24, 2.45) is 5.92 Å². The second kappa shape index (κ2) is 11.8. The second-order valence-electron chi connectivity index (χ2n) is 9.26. The number of piperidine rings is 2. The number of anilines is 1. The van der Waals surface area contributed by atoms with E-state index in [1.54, 1.807) is 12.1 Å². The number of carbonyl (C=O) groups excluding carboxylic acids is 2. The first-order valence-electron chi connectivity index (χ1n) is 12.0. The Morgan fingerprint density at radius 3 is 2.45 bits per heavy atom. The molecule has 0 bridgehead atoms. The highest BCUT2D eigenvalue weighted by Crippen LogP contribution is 2.29. The molecule has 2 aliphatic rings. The van der Waals surface area contributed by atoms with Gasteiger partial charge in [0.15, 0.2) is 0 Å². The summed E-state index contributed by atoms with van der Waals surface area (Å²) in [6.45, 7) is 7.57. The summed E-state index contributed by atoms with van der Waals surface area (Å²) in [5.74, 6) is 0.868. The van der Waals surface area contributed by atoms with Crippen LogP contribution in [-0.4, -0.2) is 86.1 Å². The Balaban J connectivity index is 1.42. The van der Waals surface area contributed by atoms with Gasteiger partial charge in [-0.05, 0) is 44.1 Å². The average Bonchev–Trinajstić information content (AvgIpc) is 2.82. The quantitative estimate of drug-likeness (QED) is 0.585. The topological polar surface area (TPSA) is 91.1 Å². The Morgan fingerprint density at radius 2 is 1.85 bits per heavy atom. The zero-order valence-corrected chi connectivity index (χ0v) is 20.9. The van der Waals surface area contributed by atoms with E-state index in [2.05, 4.69) is 17.1 Å². The lowest BCUT2D eigenvalue weighted by atomic mass is 9.94. The van der Waals surface area contributed by atoms with Crippen molar-refractivity contribution in [1.82, 2.24) is 20.0 Å². The van der Waals surface area contributed by atoms with E-state index in [0.29, 0.717) is 27.9 Å². The standard InChI is InChI=1S/C24H38ClN5O3/c1-4-9-28(2)24(32)30-12-5-17(6-13-30)16-29-10-7-18(8-11-29)27-23(31)19-14-20(25)21(26)15-22(19)33-3/h14-15,17-18H,4-13,16,26H2,1-3H3,(H,27,31). The minimum Gasteiger partial charge on any atom is -0.496 e. The van der Waals surface area contributed by atoms with Crippen LogP contribution in [0.25, 0.3) is 0 Å². The number of nitrogen functional groups attached to an aromatic ring is 1. The first-order valence-corrected chi connectivity index (χ1v) is 12.4. The Hall–Kier alpha value is -2.19. The highest BCUT2D eigenvalue weighted by molar-refractivity contribution is 6.33. The van der Waals surface area contributed by atoms with Crippen LogP contribution in [0.5, 0.6) is 5.75 Å². The number of likely N-dealkylation sites (tertiary alicyclic amines) is 2. The van der Waals surface area contributed by atoms with Crippen LogP contribution in [-0.2, 0) is 0 Å². The number of hydrogen-bond donors (Lipinski definition) is 2. The van der Waals surface area contributed by atoms with Crippen LogP contribution in [0.2, 0.25) is 5.02 Å². The summed E-state index contributed by atoms with van der Waals surface area (Å²) in [5.41, 5.74) is 6.62. The van der Waals surface area contributed by atoms with E-state index in [0.717, 1.165) is 71.4 Å². The highest BCUT2D eigenvalue weighted by atomic mass is 35.5. The number of nitrogens with one attached hydrogen (secondary N) is 1. The van der Waals surface area contributed by atoms with Crippen molar-refractivity contribution in [2.75, 3.05) is 59.2 Å². The van der Waals surface area contributed by atoms with E-state index < -0.39 is 0 Å². The molecule has 3 N–H and O–H groups in total. The van der Waals surface area contributed by atoms with E-state index in [4.69, 9.17) is 22.1 Å². The Kier molecular flexibility index (Phi) is 9.09. The van der Waals surface area contributed by atoms with Crippen LogP contribution in [0.15, 0.2) is 12.1 Å². The monoisotopic (exact) mass is 479 g/mol. The molecule has 0 atom stereocenters. The summed E-state index contributed by atoms with van der Waals surface area (Å²) in [6.07, 6.45) is 4.92. The molecule has 0 unspecified atom stereocenters. The average molecular weight is 480 g/mol. The molecule has 184 valence electrons. The molecule has 0 radical (unpaired) electrons. The predicted molar refractivity (Wildman–Crippen MR) is 132 cm³/mol. The fourth-order valence-corrected chi connectivity index (χ4v) is 4.95. The molecule has 0 spiro atoms. The minimum atomic E-state index is -0.183. The molecule has 2 saturated heterocycles. The number of nitrogens with zero attached hydrogens (tertiary/aromatic N) is 3. The molecule has 8 nitrogen and oxygen atoms in total. The van der Waals surface area contributed by atoms with Crippen LogP contribution < -0.4 is 15.8 Å². The molecule has 0 saturated carbocycles. The van der Waals surface area contributed by atoms with Gasteiger partial charge in [-0.2, -0.15) is 0 Å². The molecule has 2 heterocycles. The normalized spacial score (nSPS) is 18.2. The molecule has 33 heavy (non-hydrogen) atoms. The number of benzene rings is 1. The lowest BCUT2D eigenvalue weighted by Gasteiger charge is -2.38. The van der Waals surface area contributed by atoms with Gasteiger partial charge in [0.1, 0.15) is 5.75 Å². The van der Waals surface area contributed by atoms with Gasteiger partial charge in [-0.25, -0.2) is 4.79 Å². The van der Waals surface area contributed by atoms with Crippen molar-refractivity contribution in [1.29, 1.82) is 0 Å². The third-order valence-electron chi connectivity index (χ3n) is 6.77. The largest absolute Gasteiger partial charge is 0.496 e. The van der Waals surface area contributed by atoms with Crippen LogP contribution in [0.3, 0.4) is 0 Å². The van der Waals surface area contributed by atoms with Crippen molar-refractivity contribution in [3.05, 3.63) is 22.7 Å². The van der Waals surface area contributed by atoms with Crippen LogP contribution in [0.1, 0.15) is 49.4 Å². The smallest absolute Gasteiger partial charge is 0.319 e. The predicted octanol–water partition coefficient (Wildman–Crippen LogP) is 3.30. The lowest BCUT2D eigenvalue weighted by Crippen LogP contribution is -2.48. The lowest BCUT2D eigenvalue weighted by molar-refractivity contribution is 0.0886. The van der Waals surface area contributed by atoms with Gasteiger partial charge in [-0.15, -0.1) is 0 Å². The molecule has 2 aliphatic heterocycles. The number of nitrogens with two attached hydrogens (primary N) is 1. The Morgan fingerprint density at radius 1 is 1.18 bits per heavy atom. The number of ether oxygens (including phenoxy) is 1. The molecule has 3 amide bonds. The van der Waals surface area contributed by atoms with Gasteiger partial charge < -0.3 is 30.5 Å². The number of carbonyl (C=O) groups is 2. The fourth-order valence-electron chi connectivity index (χ4n) is 4.78. The van der Waals surface area contributed by atoms with Crippen molar-refractivity contribution in [3.8, 4) is 5.75 Å². The summed E-state index contributed by atoms with van der Waals surface area (Å²) in [5, 5.41) is 3.47. The third kappa shape index (κ3) is 6.67. The second-order valence-corrected chi connectivity index (χ2v) is 9.66. The van der Waals surface area contributed by atoms with E-state index in [-0.39, 0.29) is 18.0 Å². The van der Waals surface area contributed by atoms with Crippen molar-refractivity contribution in [2.45, 2.75) is 45.1 Å². The van der Waals surface area contributed by atoms with Gasteiger partial charge in [-0.3, -0.25) is 4.79 Å². The zero-order chi connectivity index (χ0) is 24.0. The SMILES string of the molecule is CCCN(C)C(=O)N1CCC(CN2CCC(NC(=O)c3cc(Cl)c(N)cc3OC)CC2)CC1. The molecule has 0 aliphatic carbocycles. The number of amides is 3. The van der Waals surface area contributed by atoms with Crippen LogP contribution in [0.4, 0.5) is 10.5 Å². The van der Waals surface area contributed by atoms with Crippen molar-refractivity contribution < 1.29 is 14.3 Å². The summed E-state index contributed by atoms with van der Waals surface area (Å²) < 4.78 is 5.31. The molecule has 2 fully saturated rings. The van der Waals surface area contributed by atoms with Crippen molar-refractivity contribution in [3.63, 3.8) is 0 Å². The molecule has 1 aromatic rings. The third-order valence-corrected chi connectivity index (χ3v) is 7.10. The summed E-state index contributed by atoms with van der Waals surface area (Å²) >= 11 is 6.11. The summed E-state index contributed by atoms with van der Waals surface area (Å²) in [4.78, 5) is 31.6. The maximum Gasteiger partial charge on any atom is 0.319 e. The molecule has 9 heteroatoms. The molecule has 0 aromatic heterocycles. The Labute approximate surface area is 202 Å². The first kappa shape index (κ1) is 25.4. The minimum absolute atomic E-state index is 0.128. The van der Waals surface area contributed by atoms with Gasteiger partial charge in [-0.1, -0.05) is 18.5 Å².